The van der Waals surface area contributed by atoms with Gasteiger partial charge in [-0.1, -0.05) is 19.3 Å². The highest BCUT2D eigenvalue weighted by Crippen LogP contribution is 2.29. The quantitative estimate of drug-likeness (QED) is 0.796. The minimum atomic E-state index is 0.285. The van der Waals surface area contributed by atoms with Gasteiger partial charge in [0.2, 0.25) is 0 Å². The number of nitrogens with one attached hydrogen (secondary N) is 1. The highest BCUT2D eigenvalue weighted by Gasteiger charge is 2.32. The van der Waals surface area contributed by atoms with Crippen molar-refractivity contribution in [3.8, 4) is 5.75 Å². The van der Waals surface area contributed by atoms with Crippen LogP contribution in [0.2, 0.25) is 0 Å². The SMILES string of the molecule is COc1ccc2[nH]c(CN3CCN(C4CCCCC4)[C@H](CCO)C3)c(C)c2c1. The Morgan fingerprint density at radius 1 is 1.18 bits per heavy atom. The first kappa shape index (κ1) is 19.7. The average Bonchev–Trinajstić information content (AvgIpc) is 3.04. The van der Waals surface area contributed by atoms with Crippen molar-refractivity contribution in [1.29, 1.82) is 0 Å². The van der Waals surface area contributed by atoms with Crippen LogP contribution >= 0.6 is 0 Å². The number of hydrogen-bond acceptors (Lipinski definition) is 4. The molecule has 2 aromatic rings. The van der Waals surface area contributed by atoms with Crippen molar-refractivity contribution in [2.24, 2.45) is 0 Å². The van der Waals surface area contributed by atoms with E-state index in [9.17, 15) is 5.11 Å². The minimum absolute atomic E-state index is 0.285. The fourth-order valence-corrected chi connectivity index (χ4v) is 5.25. The molecule has 4 rings (SSSR count). The smallest absolute Gasteiger partial charge is 0.119 e. The summed E-state index contributed by atoms with van der Waals surface area (Å²) in [6.45, 7) is 6.72. The second kappa shape index (κ2) is 8.85. The number of benzene rings is 1. The number of ether oxygens (including phenoxy) is 1. The number of H-pyrrole nitrogens is 1. The predicted octanol–water partition coefficient (Wildman–Crippen LogP) is 3.69. The van der Waals surface area contributed by atoms with Gasteiger partial charge < -0.3 is 14.8 Å². The molecule has 1 aliphatic heterocycles. The Kier molecular flexibility index (Phi) is 6.24. The van der Waals surface area contributed by atoms with Crippen LogP contribution in [0.5, 0.6) is 5.75 Å². The van der Waals surface area contributed by atoms with Gasteiger partial charge in [0, 0.05) is 61.5 Å². The largest absolute Gasteiger partial charge is 0.497 e. The third kappa shape index (κ3) is 4.07. The molecule has 2 aliphatic rings. The molecule has 0 amide bonds. The summed E-state index contributed by atoms with van der Waals surface area (Å²) in [7, 11) is 1.72. The lowest BCUT2D eigenvalue weighted by atomic mass is 9.92. The molecule has 2 N–H and O–H groups in total. The first-order chi connectivity index (χ1) is 13.7. The van der Waals surface area contributed by atoms with Gasteiger partial charge in [0.1, 0.15) is 5.75 Å². The molecule has 28 heavy (non-hydrogen) atoms. The number of fused-ring (bicyclic) bond motifs is 1. The fourth-order valence-electron chi connectivity index (χ4n) is 5.25. The molecule has 1 saturated carbocycles. The lowest BCUT2D eigenvalue weighted by Crippen LogP contribution is -2.56. The van der Waals surface area contributed by atoms with Crippen molar-refractivity contribution < 1.29 is 9.84 Å². The van der Waals surface area contributed by atoms with E-state index in [0.717, 1.165) is 44.4 Å². The topological polar surface area (TPSA) is 51.7 Å². The molecule has 5 heteroatoms. The van der Waals surface area contributed by atoms with Gasteiger partial charge in [-0.25, -0.2) is 0 Å². The van der Waals surface area contributed by atoms with Crippen LogP contribution in [0.4, 0.5) is 0 Å². The maximum Gasteiger partial charge on any atom is 0.119 e. The maximum absolute atomic E-state index is 9.64. The summed E-state index contributed by atoms with van der Waals surface area (Å²) < 4.78 is 5.39. The van der Waals surface area contributed by atoms with Gasteiger partial charge in [-0.15, -0.1) is 0 Å². The van der Waals surface area contributed by atoms with Crippen molar-refractivity contribution in [3.63, 3.8) is 0 Å². The zero-order valence-corrected chi connectivity index (χ0v) is 17.4. The number of nitrogens with zero attached hydrogens (tertiary/aromatic N) is 2. The van der Waals surface area contributed by atoms with Crippen molar-refractivity contribution in [2.75, 3.05) is 33.4 Å². The van der Waals surface area contributed by atoms with Crippen molar-refractivity contribution >= 4 is 10.9 Å². The van der Waals surface area contributed by atoms with E-state index in [4.69, 9.17) is 4.74 Å². The Morgan fingerprint density at radius 2 is 2.00 bits per heavy atom. The van der Waals surface area contributed by atoms with Crippen LogP contribution in [0.25, 0.3) is 10.9 Å². The van der Waals surface area contributed by atoms with Gasteiger partial charge >= 0.3 is 0 Å². The number of hydrogen-bond donors (Lipinski definition) is 2. The number of aliphatic hydroxyl groups is 1. The summed E-state index contributed by atoms with van der Waals surface area (Å²) in [4.78, 5) is 8.90. The second-order valence-corrected chi connectivity index (χ2v) is 8.57. The first-order valence-corrected chi connectivity index (χ1v) is 10.9. The molecular weight excluding hydrogens is 350 g/mol. The van der Waals surface area contributed by atoms with E-state index in [2.05, 4.69) is 33.8 Å². The summed E-state index contributed by atoms with van der Waals surface area (Å²) in [5.41, 5.74) is 3.81. The summed E-state index contributed by atoms with van der Waals surface area (Å²) in [5, 5.41) is 10.9. The average molecular weight is 386 g/mol. The fraction of sp³-hybridized carbons (Fsp3) is 0.652. The van der Waals surface area contributed by atoms with Crippen LogP contribution < -0.4 is 4.74 Å². The summed E-state index contributed by atoms with van der Waals surface area (Å²) in [5.74, 6) is 0.908. The van der Waals surface area contributed by atoms with Crippen molar-refractivity contribution in [2.45, 2.75) is 64.1 Å². The molecule has 0 unspecified atom stereocenters. The summed E-state index contributed by atoms with van der Waals surface area (Å²) >= 11 is 0. The minimum Gasteiger partial charge on any atom is -0.497 e. The third-order valence-electron chi connectivity index (χ3n) is 6.87. The van der Waals surface area contributed by atoms with Gasteiger partial charge in [-0.05, 0) is 49.9 Å². The summed E-state index contributed by atoms with van der Waals surface area (Å²) in [6, 6.07) is 7.46. The molecule has 0 bridgehead atoms. The van der Waals surface area contributed by atoms with E-state index < -0.39 is 0 Å². The van der Waals surface area contributed by atoms with Crippen LogP contribution in [-0.4, -0.2) is 65.3 Å². The van der Waals surface area contributed by atoms with Crippen molar-refractivity contribution in [3.05, 3.63) is 29.5 Å². The van der Waals surface area contributed by atoms with E-state index in [1.54, 1.807) is 7.11 Å². The molecule has 0 radical (unpaired) electrons. The van der Waals surface area contributed by atoms with Gasteiger partial charge in [-0.2, -0.15) is 0 Å². The molecule has 1 atom stereocenters. The number of aromatic nitrogens is 1. The molecule has 1 aromatic heterocycles. The van der Waals surface area contributed by atoms with Crippen LogP contribution in [-0.2, 0) is 6.54 Å². The molecule has 154 valence electrons. The number of aryl methyl sites for hydroxylation is 1. The molecule has 1 saturated heterocycles. The van der Waals surface area contributed by atoms with Crippen LogP contribution in [0.15, 0.2) is 18.2 Å². The Hall–Kier alpha value is -1.56. The highest BCUT2D eigenvalue weighted by atomic mass is 16.5. The first-order valence-electron chi connectivity index (χ1n) is 10.9. The van der Waals surface area contributed by atoms with Crippen LogP contribution in [0.1, 0.15) is 49.8 Å². The molecule has 2 fully saturated rings. The molecule has 0 spiro atoms. The zero-order valence-electron chi connectivity index (χ0n) is 17.4. The molecule has 2 heterocycles. The Morgan fingerprint density at radius 3 is 2.75 bits per heavy atom. The molecule has 1 aromatic carbocycles. The second-order valence-electron chi connectivity index (χ2n) is 8.57. The van der Waals surface area contributed by atoms with Gasteiger partial charge in [-0.3, -0.25) is 9.80 Å². The number of aliphatic hydroxyl groups excluding tert-OH is 1. The van der Waals surface area contributed by atoms with E-state index in [1.165, 1.54) is 54.3 Å². The van der Waals surface area contributed by atoms with Crippen molar-refractivity contribution in [1.82, 2.24) is 14.8 Å². The third-order valence-corrected chi connectivity index (χ3v) is 6.87. The van der Waals surface area contributed by atoms with Crippen LogP contribution in [0.3, 0.4) is 0 Å². The molecule has 5 nitrogen and oxygen atoms in total. The normalized spacial score (nSPS) is 22.8. The molecular formula is C23H35N3O2. The zero-order chi connectivity index (χ0) is 19.5. The lowest BCUT2D eigenvalue weighted by Gasteiger charge is -2.46. The number of piperazine rings is 1. The number of aromatic amines is 1. The van der Waals surface area contributed by atoms with Gasteiger partial charge in [0.05, 0.1) is 7.11 Å². The number of methoxy groups -OCH3 is 1. The number of rotatable bonds is 6. The maximum atomic E-state index is 9.64. The van der Waals surface area contributed by atoms with Gasteiger partial charge in [0.15, 0.2) is 0 Å². The Balaban J connectivity index is 1.46. The van der Waals surface area contributed by atoms with E-state index in [-0.39, 0.29) is 6.61 Å². The van der Waals surface area contributed by atoms with Crippen LogP contribution in [0, 0.1) is 6.92 Å². The highest BCUT2D eigenvalue weighted by molar-refractivity contribution is 5.85. The van der Waals surface area contributed by atoms with E-state index >= 15 is 0 Å². The standard InChI is InChI=1S/C23H35N3O2/c1-17-21-14-20(28-2)8-9-22(21)24-23(17)16-25-11-12-26(19(15-25)10-13-27)18-6-4-3-5-7-18/h8-9,14,18-19,24,27H,3-7,10-13,15-16H2,1-2H3/t19-/m1/s1. The van der Waals surface area contributed by atoms with Gasteiger partial charge in [0.25, 0.3) is 0 Å². The summed E-state index contributed by atoms with van der Waals surface area (Å²) in [6.07, 6.45) is 7.69. The lowest BCUT2D eigenvalue weighted by molar-refractivity contribution is 0.0133. The monoisotopic (exact) mass is 385 g/mol. The molecule has 1 aliphatic carbocycles. The van der Waals surface area contributed by atoms with E-state index in [0.29, 0.717) is 6.04 Å². The van der Waals surface area contributed by atoms with E-state index in [1.807, 2.05) is 6.07 Å². The Labute approximate surface area is 168 Å². The predicted molar refractivity (Wildman–Crippen MR) is 114 cm³/mol. The Bertz CT molecular complexity index is 781.